The summed E-state index contributed by atoms with van der Waals surface area (Å²) < 4.78 is -0.498. The van der Waals surface area contributed by atoms with Gasteiger partial charge < -0.3 is 0 Å². The number of hydrogen-bond donors (Lipinski definition) is 2. The smallest absolute Gasteiger partial charge is 0.285 e. The predicted molar refractivity (Wildman–Crippen MR) is 33.9 cm³/mol. The van der Waals surface area contributed by atoms with Gasteiger partial charge in [-0.1, -0.05) is 0 Å². The summed E-state index contributed by atoms with van der Waals surface area (Å²) in [7, 11) is 0. The number of hydrogen-bond acceptors (Lipinski definition) is 4. The van der Waals surface area contributed by atoms with Crippen molar-refractivity contribution in [2.24, 2.45) is 0 Å². The lowest BCUT2D eigenvalue weighted by molar-refractivity contribution is -0.117. The van der Waals surface area contributed by atoms with Crippen LogP contribution in [0.25, 0.3) is 0 Å². The molecule has 0 bridgehead atoms. The number of rotatable bonds is 0. The Labute approximate surface area is 55.6 Å². The largest absolute Gasteiger partial charge is 0.287 e. The van der Waals surface area contributed by atoms with Crippen LogP contribution < -0.4 is 5.32 Å². The third-order valence-electron chi connectivity index (χ3n) is 0.668. The second-order valence-corrected chi connectivity index (χ2v) is 3.19. The van der Waals surface area contributed by atoms with Crippen molar-refractivity contribution in [3.05, 3.63) is 0 Å². The number of nitrogens with one attached hydrogen (secondary N) is 1. The van der Waals surface area contributed by atoms with Gasteiger partial charge in [0.1, 0.15) is 4.58 Å². The SMILES string of the molecule is O=C1NC(=O)C(S)S1. The first-order valence-electron chi connectivity index (χ1n) is 1.89. The van der Waals surface area contributed by atoms with E-state index in [0.29, 0.717) is 0 Å². The summed E-state index contributed by atoms with van der Waals surface area (Å²) in [5, 5.41) is 1.77. The number of carbonyl (C=O) groups excluding carboxylic acids is 2. The van der Waals surface area contributed by atoms with E-state index < -0.39 is 4.58 Å². The maximum Gasteiger partial charge on any atom is 0.287 e. The van der Waals surface area contributed by atoms with Crippen LogP contribution in [0.4, 0.5) is 4.79 Å². The number of imide groups is 1. The Morgan fingerprint density at radius 1 is 1.62 bits per heavy atom. The first kappa shape index (κ1) is 5.97. The van der Waals surface area contributed by atoms with Crippen molar-refractivity contribution in [3.63, 3.8) is 0 Å². The molecule has 1 saturated heterocycles. The van der Waals surface area contributed by atoms with Crippen LogP contribution in [0.3, 0.4) is 0 Å². The molecule has 1 heterocycles. The summed E-state index contributed by atoms with van der Waals surface area (Å²) in [5.41, 5.74) is 0. The van der Waals surface area contributed by atoms with Crippen LogP contribution in [-0.4, -0.2) is 15.7 Å². The van der Waals surface area contributed by atoms with Gasteiger partial charge in [-0.15, -0.1) is 0 Å². The van der Waals surface area contributed by atoms with Crippen molar-refractivity contribution in [1.29, 1.82) is 0 Å². The Bertz CT molecular complexity index is 146. The standard InChI is InChI=1S/C3H3NO2S2/c5-1-2(7)8-3(6)4-1/h2,7H,(H,4,5,6). The molecule has 44 valence electrons. The highest BCUT2D eigenvalue weighted by molar-refractivity contribution is 8.22. The molecule has 0 aromatic rings. The summed E-state index contributed by atoms with van der Waals surface area (Å²) in [6, 6.07) is 0. The zero-order chi connectivity index (χ0) is 6.15. The topological polar surface area (TPSA) is 46.2 Å². The second kappa shape index (κ2) is 1.99. The molecule has 0 aromatic carbocycles. The molecule has 1 fully saturated rings. The van der Waals surface area contributed by atoms with E-state index in [1.54, 1.807) is 0 Å². The average molecular weight is 149 g/mol. The number of carbonyl (C=O) groups is 2. The molecule has 0 saturated carbocycles. The van der Waals surface area contributed by atoms with Gasteiger partial charge in [-0.2, -0.15) is 12.6 Å². The molecule has 0 radical (unpaired) electrons. The van der Waals surface area contributed by atoms with Gasteiger partial charge in [-0.3, -0.25) is 14.9 Å². The predicted octanol–water partition coefficient (Wildman–Crippen LogP) is 0.225. The van der Waals surface area contributed by atoms with E-state index in [-0.39, 0.29) is 11.1 Å². The number of thioether (sulfide) groups is 1. The molecule has 1 aliphatic heterocycles. The monoisotopic (exact) mass is 149 g/mol. The molecule has 3 nitrogen and oxygen atoms in total. The van der Waals surface area contributed by atoms with E-state index >= 15 is 0 Å². The molecule has 1 unspecified atom stereocenters. The number of thiol groups is 1. The fourth-order valence-corrected chi connectivity index (χ4v) is 1.23. The fourth-order valence-electron chi connectivity index (χ4n) is 0.347. The summed E-state index contributed by atoms with van der Waals surface area (Å²) in [6.07, 6.45) is 0. The third kappa shape index (κ3) is 0.976. The molecule has 1 atom stereocenters. The lowest BCUT2D eigenvalue weighted by atomic mass is 10.7. The van der Waals surface area contributed by atoms with Gasteiger partial charge in [0.25, 0.3) is 11.1 Å². The first-order valence-corrected chi connectivity index (χ1v) is 3.29. The van der Waals surface area contributed by atoms with Crippen molar-refractivity contribution in [3.8, 4) is 0 Å². The van der Waals surface area contributed by atoms with E-state index in [2.05, 4.69) is 17.9 Å². The number of amides is 2. The van der Waals surface area contributed by atoms with E-state index in [0.717, 1.165) is 11.8 Å². The van der Waals surface area contributed by atoms with Gasteiger partial charge in [0.15, 0.2) is 0 Å². The molecular weight excluding hydrogens is 146 g/mol. The van der Waals surface area contributed by atoms with Gasteiger partial charge in [0.05, 0.1) is 0 Å². The summed E-state index contributed by atoms with van der Waals surface area (Å²) in [6.45, 7) is 0. The van der Waals surface area contributed by atoms with Crippen molar-refractivity contribution in [1.82, 2.24) is 5.32 Å². The first-order chi connectivity index (χ1) is 3.70. The summed E-state index contributed by atoms with van der Waals surface area (Å²) >= 11 is 4.67. The van der Waals surface area contributed by atoms with Crippen LogP contribution in [0.5, 0.6) is 0 Å². The Kier molecular flexibility index (Phi) is 1.48. The highest BCUT2D eigenvalue weighted by Gasteiger charge is 2.27. The van der Waals surface area contributed by atoms with Crippen molar-refractivity contribution < 1.29 is 9.59 Å². The van der Waals surface area contributed by atoms with Crippen molar-refractivity contribution in [2.45, 2.75) is 4.58 Å². The fraction of sp³-hybridized carbons (Fsp3) is 0.333. The minimum Gasteiger partial charge on any atom is -0.285 e. The van der Waals surface area contributed by atoms with Gasteiger partial charge in [0, 0.05) is 0 Å². The Morgan fingerprint density at radius 2 is 2.25 bits per heavy atom. The minimum absolute atomic E-state index is 0.310. The normalized spacial score (nSPS) is 28.4. The Balaban J connectivity index is 2.64. The lowest BCUT2D eigenvalue weighted by Gasteiger charge is -1.86. The van der Waals surface area contributed by atoms with E-state index in [9.17, 15) is 9.59 Å². The van der Waals surface area contributed by atoms with Crippen LogP contribution in [0, 0.1) is 0 Å². The van der Waals surface area contributed by atoms with Crippen LogP contribution >= 0.6 is 24.4 Å². The Hall–Kier alpha value is -0.160. The summed E-state index contributed by atoms with van der Waals surface area (Å²) in [5.74, 6) is -0.316. The van der Waals surface area contributed by atoms with Gasteiger partial charge in [-0.05, 0) is 11.8 Å². The van der Waals surface area contributed by atoms with Crippen LogP contribution in [0.2, 0.25) is 0 Å². The van der Waals surface area contributed by atoms with E-state index in [1.165, 1.54) is 0 Å². The molecule has 0 aliphatic carbocycles. The highest BCUT2D eigenvalue weighted by atomic mass is 32.2. The maximum atomic E-state index is 10.4. The van der Waals surface area contributed by atoms with Gasteiger partial charge in [0.2, 0.25) is 0 Å². The van der Waals surface area contributed by atoms with Crippen molar-refractivity contribution in [2.75, 3.05) is 0 Å². The zero-order valence-electron chi connectivity index (χ0n) is 3.75. The molecule has 1 N–H and O–H groups in total. The van der Waals surface area contributed by atoms with E-state index in [1.807, 2.05) is 0 Å². The molecule has 8 heavy (non-hydrogen) atoms. The maximum absolute atomic E-state index is 10.4. The summed E-state index contributed by atoms with van der Waals surface area (Å²) in [4.78, 5) is 20.6. The van der Waals surface area contributed by atoms with Crippen LogP contribution in [0.15, 0.2) is 0 Å². The van der Waals surface area contributed by atoms with Gasteiger partial charge in [-0.25, -0.2) is 0 Å². The molecule has 1 rings (SSSR count). The molecular formula is C3H3NO2S2. The highest BCUT2D eigenvalue weighted by Crippen LogP contribution is 2.20. The second-order valence-electron chi connectivity index (χ2n) is 1.25. The molecule has 1 aliphatic rings. The molecule has 0 spiro atoms. The molecule has 0 aromatic heterocycles. The minimum atomic E-state index is -0.498. The van der Waals surface area contributed by atoms with E-state index in [4.69, 9.17) is 0 Å². The Morgan fingerprint density at radius 3 is 2.38 bits per heavy atom. The molecule has 5 heteroatoms. The average Bonchev–Trinajstić information content (AvgIpc) is 1.85. The quantitative estimate of drug-likeness (QED) is 0.484. The van der Waals surface area contributed by atoms with Crippen LogP contribution in [0.1, 0.15) is 0 Å². The van der Waals surface area contributed by atoms with Crippen LogP contribution in [-0.2, 0) is 4.79 Å². The van der Waals surface area contributed by atoms with Crippen molar-refractivity contribution >= 4 is 35.5 Å². The van der Waals surface area contributed by atoms with Gasteiger partial charge >= 0.3 is 0 Å². The zero-order valence-corrected chi connectivity index (χ0v) is 5.46. The third-order valence-corrected chi connectivity index (χ3v) is 1.97. The lowest BCUT2D eigenvalue weighted by Crippen LogP contribution is -2.21. The molecule has 2 amide bonds.